The first-order valence-electron chi connectivity index (χ1n) is 5.32. The molecule has 0 spiro atoms. The van der Waals surface area contributed by atoms with Crippen LogP contribution in [0.15, 0.2) is 34.7 Å². The molecule has 1 aromatic carbocycles. The predicted octanol–water partition coefficient (Wildman–Crippen LogP) is 2.65. The number of hydrogen-bond donors (Lipinski definition) is 0. The van der Waals surface area contributed by atoms with Crippen LogP contribution in [0, 0.1) is 13.8 Å². The first-order valence-corrected chi connectivity index (χ1v) is 5.32. The molecule has 0 saturated heterocycles. The summed E-state index contributed by atoms with van der Waals surface area (Å²) in [5.41, 5.74) is 1.19. The van der Waals surface area contributed by atoms with Gasteiger partial charge in [0.1, 0.15) is 12.4 Å². The van der Waals surface area contributed by atoms with Crippen molar-refractivity contribution in [2.24, 2.45) is 0 Å². The number of nitrogens with zero attached hydrogens (tertiary/aromatic N) is 1. The molecule has 4 heteroatoms. The molecule has 17 heavy (non-hydrogen) atoms. The summed E-state index contributed by atoms with van der Waals surface area (Å²) in [6, 6.07) is 9.50. The maximum absolute atomic E-state index is 11.7. The van der Waals surface area contributed by atoms with Crippen LogP contribution in [-0.4, -0.2) is 11.0 Å². The van der Waals surface area contributed by atoms with Gasteiger partial charge in [-0.3, -0.25) is 0 Å². The van der Waals surface area contributed by atoms with Crippen molar-refractivity contribution in [1.82, 2.24) is 4.98 Å². The van der Waals surface area contributed by atoms with Crippen LogP contribution in [0.25, 0.3) is 0 Å². The van der Waals surface area contributed by atoms with E-state index in [-0.39, 0.29) is 12.3 Å². The van der Waals surface area contributed by atoms with Gasteiger partial charge in [0, 0.05) is 6.92 Å². The number of oxazole rings is 1. The first-order chi connectivity index (χ1) is 8.16. The maximum atomic E-state index is 11.7. The number of benzene rings is 1. The topological polar surface area (TPSA) is 52.3 Å². The summed E-state index contributed by atoms with van der Waals surface area (Å²) < 4.78 is 10.3. The summed E-state index contributed by atoms with van der Waals surface area (Å²) in [5, 5.41) is 0. The summed E-state index contributed by atoms with van der Waals surface area (Å²) in [6.07, 6.45) is 0. The monoisotopic (exact) mass is 231 g/mol. The van der Waals surface area contributed by atoms with E-state index in [2.05, 4.69) is 4.98 Å². The van der Waals surface area contributed by atoms with Gasteiger partial charge in [-0.2, -0.15) is 0 Å². The molecule has 2 aromatic rings. The lowest BCUT2D eigenvalue weighted by molar-refractivity contribution is 0.0464. The fourth-order valence-electron chi connectivity index (χ4n) is 1.51. The van der Waals surface area contributed by atoms with Crippen LogP contribution in [0.2, 0.25) is 0 Å². The molecule has 0 bridgehead atoms. The normalized spacial score (nSPS) is 10.2. The number of carbonyl (C=O) groups is 1. The molecule has 88 valence electrons. The van der Waals surface area contributed by atoms with Crippen LogP contribution in [0.1, 0.15) is 27.7 Å². The van der Waals surface area contributed by atoms with Gasteiger partial charge in [0.2, 0.25) is 0 Å². The molecule has 1 aromatic heterocycles. The van der Waals surface area contributed by atoms with Gasteiger partial charge in [0.25, 0.3) is 0 Å². The van der Waals surface area contributed by atoms with E-state index in [0.29, 0.717) is 11.7 Å². The van der Waals surface area contributed by atoms with Crippen LogP contribution < -0.4 is 0 Å². The van der Waals surface area contributed by atoms with Gasteiger partial charge in [-0.05, 0) is 12.5 Å². The van der Waals surface area contributed by atoms with Crippen molar-refractivity contribution in [1.29, 1.82) is 0 Å². The van der Waals surface area contributed by atoms with Crippen molar-refractivity contribution >= 4 is 5.97 Å². The fraction of sp³-hybridized carbons (Fsp3) is 0.231. The molecular weight excluding hydrogens is 218 g/mol. The average molecular weight is 231 g/mol. The molecule has 0 amide bonds. The van der Waals surface area contributed by atoms with E-state index in [1.807, 2.05) is 30.3 Å². The number of rotatable bonds is 3. The zero-order chi connectivity index (χ0) is 12.3. The minimum Gasteiger partial charge on any atom is -0.456 e. The Kier molecular flexibility index (Phi) is 3.23. The molecule has 0 radical (unpaired) electrons. The molecule has 4 nitrogen and oxygen atoms in total. The van der Waals surface area contributed by atoms with Gasteiger partial charge < -0.3 is 9.15 Å². The summed E-state index contributed by atoms with van der Waals surface area (Å²) in [6.45, 7) is 3.63. The Balaban J connectivity index is 2.01. The molecule has 0 fully saturated rings. The van der Waals surface area contributed by atoms with Gasteiger partial charge in [-0.15, -0.1) is 0 Å². The van der Waals surface area contributed by atoms with E-state index < -0.39 is 5.97 Å². The van der Waals surface area contributed by atoms with Crippen molar-refractivity contribution < 1.29 is 13.9 Å². The summed E-state index contributed by atoms with van der Waals surface area (Å²) in [7, 11) is 0. The highest BCUT2D eigenvalue weighted by Gasteiger charge is 2.16. The summed E-state index contributed by atoms with van der Waals surface area (Å²) >= 11 is 0. The highest BCUT2D eigenvalue weighted by molar-refractivity contribution is 5.88. The zero-order valence-corrected chi connectivity index (χ0v) is 9.77. The number of aromatic nitrogens is 1. The number of aryl methyl sites for hydroxylation is 2. The Morgan fingerprint density at radius 3 is 2.59 bits per heavy atom. The number of ether oxygens (including phenoxy) is 1. The molecule has 2 rings (SSSR count). The van der Waals surface area contributed by atoms with Gasteiger partial charge >= 0.3 is 5.97 Å². The molecule has 0 N–H and O–H groups in total. The lowest BCUT2D eigenvalue weighted by Gasteiger charge is -2.02. The standard InChI is InChI=1S/C13H13NO3/c1-9-12(14-10(2)17-9)13(15)16-8-11-6-4-3-5-7-11/h3-7H,8H2,1-2H3. The van der Waals surface area contributed by atoms with E-state index in [4.69, 9.17) is 9.15 Å². The van der Waals surface area contributed by atoms with E-state index in [1.165, 1.54) is 0 Å². The third-order valence-electron chi connectivity index (χ3n) is 2.31. The SMILES string of the molecule is Cc1nc(C(=O)OCc2ccccc2)c(C)o1. The molecule has 0 saturated carbocycles. The van der Waals surface area contributed by atoms with Crippen LogP contribution in [0.5, 0.6) is 0 Å². The third kappa shape index (κ3) is 2.72. The van der Waals surface area contributed by atoms with E-state index >= 15 is 0 Å². The molecule has 0 atom stereocenters. The zero-order valence-electron chi connectivity index (χ0n) is 9.77. The van der Waals surface area contributed by atoms with Crippen LogP contribution in [-0.2, 0) is 11.3 Å². The number of hydrogen-bond acceptors (Lipinski definition) is 4. The number of carbonyl (C=O) groups excluding carboxylic acids is 1. The van der Waals surface area contributed by atoms with E-state index in [9.17, 15) is 4.79 Å². The van der Waals surface area contributed by atoms with Crippen molar-refractivity contribution in [2.75, 3.05) is 0 Å². The Morgan fingerprint density at radius 2 is 2.00 bits per heavy atom. The molecule has 0 unspecified atom stereocenters. The smallest absolute Gasteiger partial charge is 0.360 e. The van der Waals surface area contributed by atoms with Crippen LogP contribution in [0.4, 0.5) is 0 Å². The molecule has 0 aliphatic carbocycles. The van der Waals surface area contributed by atoms with Crippen molar-refractivity contribution in [2.45, 2.75) is 20.5 Å². The molecular formula is C13H13NO3. The Hall–Kier alpha value is -2.10. The Morgan fingerprint density at radius 1 is 1.29 bits per heavy atom. The maximum Gasteiger partial charge on any atom is 0.360 e. The third-order valence-corrected chi connectivity index (χ3v) is 2.31. The Bertz CT molecular complexity index is 517. The first kappa shape index (κ1) is 11.4. The van der Waals surface area contributed by atoms with Crippen molar-refractivity contribution in [3.8, 4) is 0 Å². The van der Waals surface area contributed by atoms with E-state index in [1.54, 1.807) is 13.8 Å². The molecule has 1 heterocycles. The van der Waals surface area contributed by atoms with Crippen LogP contribution >= 0.6 is 0 Å². The number of esters is 1. The van der Waals surface area contributed by atoms with Gasteiger partial charge in [0.05, 0.1) is 0 Å². The highest BCUT2D eigenvalue weighted by Crippen LogP contribution is 2.11. The van der Waals surface area contributed by atoms with Crippen molar-refractivity contribution in [3.63, 3.8) is 0 Å². The van der Waals surface area contributed by atoms with E-state index in [0.717, 1.165) is 5.56 Å². The van der Waals surface area contributed by atoms with Gasteiger partial charge in [-0.25, -0.2) is 9.78 Å². The second-order valence-corrected chi connectivity index (χ2v) is 3.70. The second-order valence-electron chi connectivity index (χ2n) is 3.70. The van der Waals surface area contributed by atoms with Gasteiger partial charge in [-0.1, -0.05) is 30.3 Å². The van der Waals surface area contributed by atoms with Gasteiger partial charge in [0.15, 0.2) is 11.6 Å². The molecule has 0 aliphatic heterocycles. The van der Waals surface area contributed by atoms with Crippen molar-refractivity contribution in [3.05, 3.63) is 53.2 Å². The summed E-state index contributed by atoms with van der Waals surface area (Å²) in [4.78, 5) is 15.7. The molecule has 0 aliphatic rings. The quantitative estimate of drug-likeness (QED) is 0.762. The Labute approximate surface area is 99.2 Å². The highest BCUT2D eigenvalue weighted by atomic mass is 16.5. The lowest BCUT2D eigenvalue weighted by Crippen LogP contribution is -2.07. The summed E-state index contributed by atoms with van der Waals surface area (Å²) in [5.74, 6) is 0.498. The lowest BCUT2D eigenvalue weighted by atomic mass is 10.2. The largest absolute Gasteiger partial charge is 0.456 e. The second kappa shape index (κ2) is 4.82. The average Bonchev–Trinajstić information content (AvgIpc) is 2.67. The minimum atomic E-state index is -0.455. The van der Waals surface area contributed by atoms with Crippen LogP contribution in [0.3, 0.4) is 0 Å². The predicted molar refractivity (Wildman–Crippen MR) is 61.5 cm³/mol. The minimum absolute atomic E-state index is 0.241. The fourth-order valence-corrected chi connectivity index (χ4v) is 1.51.